The molecule has 0 spiro atoms. The number of allylic oxidation sites excluding steroid dienone is 2. The van der Waals surface area contributed by atoms with Crippen molar-refractivity contribution in [2.45, 2.75) is 0 Å². The van der Waals surface area contributed by atoms with Crippen LogP contribution in [0.1, 0.15) is 5.56 Å². The highest BCUT2D eigenvalue weighted by atomic mass is 127. The highest BCUT2D eigenvalue weighted by Gasteiger charge is 2.21. The highest BCUT2D eigenvalue weighted by molar-refractivity contribution is 14.1. The third-order valence-corrected chi connectivity index (χ3v) is 4.07. The van der Waals surface area contributed by atoms with Crippen molar-refractivity contribution >= 4 is 45.0 Å². The first-order chi connectivity index (χ1) is 8.65. The fourth-order valence-corrected chi connectivity index (χ4v) is 3.11. The van der Waals surface area contributed by atoms with Gasteiger partial charge in [0.2, 0.25) is 0 Å². The molecule has 1 aromatic carbocycles. The molecule has 0 saturated heterocycles. The molecule has 1 N–H and O–H groups in total. The Morgan fingerprint density at radius 1 is 1.39 bits per heavy atom. The SMILES string of the molecule is N#C/C(=C1/C=C(I)S/C1=N\O)c1ccc(F)cc1. The summed E-state index contributed by atoms with van der Waals surface area (Å²) >= 11 is 3.37. The van der Waals surface area contributed by atoms with Crippen molar-refractivity contribution in [1.29, 1.82) is 5.26 Å². The van der Waals surface area contributed by atoms with E-state index >= 15 is 0 Å². The summed E-state index contributed by atoms with van der Waals surface area (Å²) in [5.41, 5.74) is 1.51. The van der Waals surface area contributed by atoms with Gasteiger partial charge in [0.25, 0.3) is 0 Å². The fraction of sp³-hybridized carbons (Fsp3) is 0. The van der Waals surface area contributed by atoms with Gasteiger partial charge in [-0.2, -0.15) is 5.26 Å². The average Bonchev–Trinajstić information content (AvgIpc) is 2.74. The molecular weight excluding hydrogens is 366 g/mol. The maximum absolute atomic E-state index is 12.9. The van der Waals surface area contributed by atoms with E-state index in [-0.39, 0.29) is 5.82 Å². The summed E-state index contributed by atoms with van der Waals surface area (Å²) in [6.45, 7) is 0. The molecule has 0 aromatic heterocycles. The number of oxime groups is 1. The number of halogens is 2. The molecule has 3 nitrogen and oxygen atoms in total. The fourth-order valence-electron chi connectivity index (χ4n) is 1.50. The Balaban J connectivity index is 2.58. The molecule has 0 fully saturated rings. The van der Waals surface area contributed by atoms with Crippen molar-refractivity contribution < 1.29 is 9.60 Å². The third kappa shape index (κ3) is 2.57. The smallest absolute Gasteiger partial charge is 0.149 e. The summed E-state index contributed by atoms with van der Waals surface area (Å²) in [5, 5.41) is 21.7. The second-order valence-corrected chi connectivity index (χ2v) is 6.29. The Labute approximate surface area is 121 Å². The van der Waals surface area contributed by atoms with E-state index in [1.165, 1.54) is 36.0 Å². The van der Waals surface area contributed by atoms with Crippen molar-refractivity contribution in [3.63, 3.8) is 0 Å². The first-order valence-corrected chi connectivity index (χ1v) is 6.73. The third-order valence-electron chi connectivity index (χ3n) is 2.29. The number of hydrogen-bond donors (Lipinski definition) is 1. The molecule has 0 radical (unpaired) electrons. The van der Waals surface area contributed by atoms with Gasteiger partial charge in [-0.15, -0.1) is 0 Å². The van der Waals surface area contributed by atoms with Gasteiger partial charge in [0.1, 0.15) is 16.9 Å². The molecule has 1 heterocycles. The predicted octanol–water partition coefficient (Wildman–Crippen LogP) is 3.91. The van der Waals surface area contributed by atoms with Gasteiger partial charge in [-0.3, -0.25) is 0 Å². The minimum Gasteiger partial charge on any atom is -0.410 e. The summed E-state index contributed by atoms with van der Waals surface area (Å²) in [5.74, 6) is -0.358. The summed E-state index contributed by atoms with van der Waals surface area (Å²) in [6.07, 6.45) is 1.77. The minimum absolute atomic E-state index is 0.358. The zero-order valence-corrected chi connectivity index (χ0v) is 11.9. The molecule has 0 unspecified atom stereocenters. The van der Waals surface area contributed by atoms with Crippen LogP contribution in [-0.4, -0.2) is 10.3 Å². The molecule has 6 heteroatoms. The van der Waals surface area contributed by atoms with Gasteiger partial charge in [0.05, 0.1) is 8.48 Å². The number of benzene rings is 1. The quantitative estimate of drug-likeness (QED) is 0.352. The van der Waals surface area contributed by atoms with Crippen LogP contribution in [0.5, 0.6) is 0 Å². The highest BCUT2D eigenvalue weighted by Crippen LogP contribution is 2.39. The van der Waals surface area contributed by atoms with Gasteiger partial charge in [0.15, 0.2) is 0 Å². The van der Waals surface area contributed by atoms with Gasteiger partial charge in [0, 0.05) is 5.57 Å². The zero-order valence-electron chi connectivity index (χ0n) is 8.89. The lowest BCUT2D eigenvalue weighted by Gasteiger charge is -2.02. The lowest BCUT2D eigenvalue weighted by molar-refractivity contribution is 0.321. The number of thioether (sulfide) groups is 1. The van der Waals surface area contributed by atoms with Crippen LogP contribution in [0.25, 0.3) is 5.57 Å². The van der Waals surface area contributed by atoms with Crippen molar-refractivity contribution in [3.8, 4) is 6.07 Å². The Bertz CT molecular complexity index is 614. The second-order valence-electron chi connectivity index (χ2n) is 3.36. The van der Waals surface area contributed by atoms with Crippen LogP contribution in [0, 0.1) is 17.1 Å². The van der Waals surface area contributed by atoms with Crippen LogP contribution in [0.4, 0.5) is 4.39 Å². The first kappa shape index (κ1) is 13.1. The van der Waals surface area contributed by atoms with E-state index in [9.17, 15) is 9.65 Å². The second kappa shape index (κ2) is 5.54. The zero-order chi connectivity index (χ0) is 13.1. The topological polar surface area (TPSA) is 56.4 Å². The Morgan fingerprint density at radius 2 is 2.06 bits per heavy atom. The van der Waals surface area contributed by atoms with Crippen LogP contribution in [0.2, 0.25) is 0 Å². The number of rotatable bonds is 1. The van der Waals surface area contributed by atoms with E-state index in [0.29, 0.717) is 21.8 Å². The normalized spacial score (nSPS) is 19.6. The maximum atomic E-state index is 12.9. The lowest BCUT2D eigenvalue weighted by atomic mass is 10.0. The Kier molecular flexibility index (Phi) is 4.04. The monoisotopic (exact) mass is 372 g/mol. The largest absolute Gasteiger partial charge is 0.410 e. The van der Waals surface area contributed by atoms with Crippen molar-refractivity contribution in [3.05, 3.63) is 50.2 Å². The van der Waals surface area contributed by atoms with Gasteiger partial charge >= 0.3 is 0 Å². The summed E-state index contributed by atoms with van der Waals surface area (Å²) in [6, 6.07) is 7.71. The summed E-state index contributed by atoms with van der Waals surface area (Å²) in [4.78, 5) is 0. The van der Waals surface area contributed by atoms with Crippen LogP contribution < -0.4 is 0 Å². The Morgan fingerprint density at radius 3 is 2.61 bits per heavy atom. The minimum atomic E-state index is -0.358. The average molecular weight is 372 g/mol. The number of hydrogen-bond acceptors (Lipinski definition) is 4. The molecule has 90 valence electrons. The van der Waals surface area contributed by atoms with Crippen LogP contribution in [0.15, 0.2) is 44.0 Å². The molecule has 18 heavy (non-hydrogen) atoms. The van der Waals surface area contributed by atoms with Gasteiger partial charge in [-0.05, 0) is 46.4 Å². The molecule has 0 bridgehead atoms. The van der Waals surface area contributed by atoms with Gasteiger partial charge < -0.3 is 5.21 Å². The molecular formula is C12H6FIN2OS. The molecule has 0 saturated carbocycles. The van der Waals surface area contributed by atoms with Crippen molar-refractivity contribution in [2.24, 2.45) is 5.16 Å². The van der Waals surface area contributed by atoms with E-state index in [4.69, 9.17) is 5.21 Å². The predicted molar refractivity (Wildman–Crippen MR) is 77.8 cm³/mol. The molecule has 1 aliphatic rings. The van der Waals surface area contributed by atoms with E-state index < -0.39 is 0 Å². The molecule has 0 aliphatic carbocycles. The van der Waals surface area contributed by atoms with Crippen LogP contribution in [0.3, 0.4) is 0 Å². The van der Waals surface area contributed by atoms with Crippen molar-refractivity contribution in [1.82, 2.24) is 0 Å². The standard InChI is InChI=1S/C12H6FIN2OS/c13-8-3-1-7(2-4-8)10(6-15)9-5-11(14)18-12(9)16-17/h1-5,17H/b10-9+,16-12-. The van der Waals surface area contributed by atoms with Gasteiger partial charge in [-0.25, -0.2) is 4.39 Å². The summed E-state index contributed by atoms with van der Waals surface area (Å²) < 4.78 is 13.8. The molecule has 1 aliphatic heterocycles. The van der Waals surface area contributed by atoms with Crippen LogP contribution in [-0.2, 0) is 0 Å². The van der Waals surface area contributed by atoms with E-state index in [2.05, 4.69) is 33.8 Å². The van der Waals surface area contributed by atoms with Gasteiger partial charge in [-0.1, -0.05) is 29.1 Å². The molecule has 0 atom stereocenters. The van der Waals surface area contributed by atoms with Crippen LogP contribution >= 0.6 is 34.4 Å². The number of nitriles is 1. The summed E-state index contributed by atoms with van der Waals surface area (Å²) in [7, 11) is 0. The Hall–Kier alpha value is -1.33. The van der Waals surface area contributed by atoms with E-state index in [1.807, 2.05) is 0 Å². The number of nitrogens with zero attached hydrogens (tertiary/aromatic N) is 2. The molecule has 1 aromatic rings. The molecule has 2 rings (SSSR count). The molecule has 0 amide bonds. The van der Waals surface area contributed by atoms with E-state index in [1.54, 1.807) is 6.08 Å². The maximum Gasteiger partial charge on any atom is 0.149 e. The van der Waals surface area contributed by atoms with Crippen molar-refractivity contribution in [2.75, 3.05) is 0 Å². The lowest BCUT2D eigenvalue weighted by Crippen LogP contribution is -1.95. The van der Waals surface area contributed by atoms with E-state index in [0.717, 1.165) is 2.91 Å². The first-order valence-electron chi connectivity index (χ1n) is 4.83.